The van der Waals surface area contributed by atoms with Crippen LogP contribution in [0.25, 0.3) is 0 Å². The van der Waals surface area contributed by atoms with Crippen LogP contribution in [0.2, 0.25) is 0 Å². The summed E-state index contributed by atoms with van der Waals surface area (Å²) in [6.45, 7) is 4.95. The van der Waals surface area contributed by atoms with E-state index in [1.807, 2.05) is 42.2 Å². The van der Waals surface area contributed by atoms with Crippen LogP contribution in [0.3, 0.4) is 0 Å². The van der Waals surface area contributed by atoms with Gasteiger partial charge in [0.15, 0.2) is 0 Å². The fraction of sp³-hybridized carbons (Fsp3) is 0.533. The number of hydrogen-bond donors (Lipinski definition) is 1. The second kappa shape index (κ2) is 7.92. The second-order valence-corrected chi connectivity index (χ2v) is 4.77. The van der Waals surface area contributed by atoms with Crippen LogP contribution < -0.4 is 5.73 Å². The fourth-order valence-corrected chi connectivity index (χ4v) is 1.92. The Morgan fingerprint density at radius 1 is 1.37 bits per heavy atom. The molecular weight excluding hydrogens is 240 g/mol. The molecule has 0 fully saturated rings. The fourth-order valence-electron chi connectivity index (χ4n) is 1.92. The summed E-state index contributed by atoms with van der Waals surface area (Å²) in [4.78, 5) is 14.2. The van der Waals surface area contributed by atoms with Gasteiger partial charge in [0.25, 0.3) is 0 Å². The van der Waals surface area contributed by atoms with E-state index in [0.29, 0.717) is 6.54 Å². The maximum absolute atomic E-state index is 12.4. The Bertz CT molecular complexity index is 381. The van der Waals surface area contributed by atoms with E-state index in [1.165, 1.54) is 0 Å². The number of benzene rings is 1. The van der Waals surface area contributed by atoms with E-state index in [2.05, 4.69) is 6.92 Å². The lowest BCUT2D eigenvalue weighted by atomic mass is 10.1. The molecule has 0 spiro atoms. The summed E-state index contributed by atoms with van der Waals surface area (Å²) in [5, 5.41) is 0. The SMILES string of the molecule is CCC(C)N(Cc1ccccc1)C(=O)C(N)COC. The highest BCUT2D eigenvalue weighted by Crippen LogP contribution is 2.12. The van der Waals surface area contributed by atoms with Crippen molar-refractivity contribution in [1.82, 2.24) is 4.90 Å². The Balaban J connectivity index is 2.80. The normalized spacial score (nSPS) is 13.9. The molecule has 0 bridgehead atoms. The monoisotopic (exact) mass is 264 g/mol. The molecular formula is C15H24N2O2. The van der Waals surface area contributed by atoms with Crippen molar-refractivity contribution >= 4 is 5.91 Å². The first-order valence-electron chi connectivity index (χ1n) is 6.69. The summed E-state index contributed by atoms with van der Waals surface area (Å²) in [7, 11) is 1.55. The van der Waals surface area contributed by atoms with Crippen molar-refractivity contribution in [2.45, 2.75) is 38.9 Å². The van der Waals surface area contributed by atoms with Gasteiger partial charge in [-0.2, -0.15) is 0 Å². The Kier molecular flexibility index (Phi) is 6.53. The van der Waals surface area contributed by atoms with Crippen LogP contribution in [0.4, 0.5) is 0 Å². The summed E-state index contributed by atoms with van der Waals surface area (Å²) in [5.74, 6) is -0.0555. The molecule has 0 saturated carbocycles. The van der Waals surface area contributed by atoms with Gasteiger partial charge in [0.2, 0.25) is 5.91 Å². The number of carbonyl (C=O) groups is 1. The summed E-state index contributed by atoms with van der Waals surface area (Å²) in [6.07, 6.45) is 0.901. The van der Waals surface area contributed by atoms with E-state index in [0.717, 1.165) is 12.0 Å². The number of nitrogens with two attached hydrogens (primary N) is 1. The molecule has 0 aromatic heterocycles. The number of hydrogen-bond acceptors (Lipinski definition) is 3. The molecule has 0 heterocycles. The predicted molar refractivity (Wildman–Crippen MR) is 76.6 cm³/mol. The Morgan fingerprint density at radius 2 is 2.00 bits per heavy atom. The topological polar surface area (TPSA) is 55.6 Å². The van der Waals surface area contributed by atoms with Crippen LogP contribution in [0.15, 0.2) is 30.3 Å². The van der Waals surface area contributed by atoms with Crippen LogP contribution in [0.1, 0.15) is 25.8 Å². The molecule has 4 heteroatoms. The first kappa shape index (κ1) is 15.7. The van der Waals surface area contributed by atoms with Crippen LogP contribution in [0, 0.1) is 0 Å². The molecule has 0 aliphatic rings. The van der Waals surface area contributed by atoms with Crippen LogP contribution in [-0.4, -0.2) is 36.6 Å². The molecule has 2 unspecified atom stereocenters. The molecule has 1 rings (SSSR count). The number of carbonyl (C=O) groups excluding carboxylic acids is 1. The van der Waals surface area contributed by atoms with E-state index >= 15 is 0 Å². The first-order valence-corrected chi connectivity index (χ1v) is 6.69. The van der Waals surface area contributed by atoms with Gasteiger partial charge < -0.3 is 15.4 Å². The van der Waals surface area contributed by atoms with Gasteiger partial charge in [-0.1, -0.05) is 37.3 Å². The molecule has 106 valence electrons. The van der Waals surface area contributed by atoms with E-state index in [9.17, 15) is 4.79 Å². The molecule has 0 saturated heterocycles. The highest BCUT2D eigenvalue weighted by molar-refractivity contribution is 5.82. The standard InChI is InChI=1S/C15H24N2O2/c1-4-12(2)17(15(18)14(16)11-19-3)10-13-8-6-5-7-9-13/h5-9,12,14H,4,10-11,16H2,1-3H3. The lowest BCUT2D eigenvalue weighted by Gasteiger charge is -2.31. The summed E-state index contributed by atoms with van der Waals surface area (Å²) in [5.41, 5.74) is 6.97. The van der Waals surface area contributed by atoms with Gasteiger partial charge in [0.1, 0.15) is 6.04 Å². The van der Waals surface area contributed by atoms with Crippen molar-refractivity contribution in [3.05, 3.63) is 35.9 Å². The lowest BCUT2D eigenvalue weighted by molar-refractivity contribution is -0.136. The maximum atomic E-state index is 12.4. The van der Waals surface area contributed by atoms with Gasteiger partial charge in [0, 0.05) is 19.7 Å². The van der Waals surface area contributed by atoms with Crippen LogP contribution >= 0.6 is 0 Å². The highest BCUT2D eigenvalue weighted by Gasteiger charge is 2.24. The quantitative estimate of drug-likeness (QED) is 0.817. The smallest absolute Gasteiger partial charge is 0.242 e. The average molecular weight is 264 g/mol. The average Bonchev–Trinajstić information content (AvgIpc) is 2.44. The molecule has 19 heavy (non-hydrogen) atoms. The number of rotatable bonds is 7. The molecule has 2 atom stereocenters. The third kappa shape index (κ3) is 4.65. The molecule has 2 N–H and O–H groups in total. The molecule has 1 aromatic carbocycles. The number of ether oxygens (including phenoxy) is 1. The minimum absolute atomic E-state index is 0.0555. The zero-order valence-corrected chi connectivity index (χ0v) is 12.0. The zero-order valence-electron chi connectivity index (χ0n) is 12.0. The van der Waals surface area contributed by atoms with Crippen molar-refractivity contribution in [2.75, 3.05) is 13.7 Å². The van der Waals surface area contributed by atoms with Crippen molar-refractivity contribution in [1.29, 1.82) is 0 Å². The van der Waals surface area contributed by atoms with E-state index in [4.69, 9.17) is 10.5 Å². The van der Waals surface area contributed by atoms with Crippen molar-refractivity contribution in [3.63, 3.8) is 0 Å². The minimum atomic E-state index is -0.595. The Labute approximate surface area is 115 Å². The summed E-state index contributed by atoms with van der Waals surface area (Å²) in [6, 6.07) is 9.52. The molecule has 4 nitrogen and oxygen atoms in total. The van der Waals surface area contributed by atoms with Crippen LogP contribution in [0.5, 0.6) is 0 Å². The van der Waals surface area contributed by atoms with Gasteiger partial charge in [-0.3, -0.25) is 4.79 Å². The molecule has 0 aliphatic carbocycles. The second-order valence-electron chi connectivity index (χ2n) is 4.77. The van der Waals surface area contributed by atoms with Crippen molar-refractivity contribution in [2.24, 2.45) is 5.73 Å². The third-order valence-corrected chi connectivity index (χ3v) is 3.27. The Morgan fingerprint density at radius 3 is 2.53 bits per heavy atom. The van der Waals surface area contributed by atoms with E-state index < -0.39 is 6.04 Å². The van der Waals surface area contributed by atoms with Gasteiger partial charge in [-0.15, -0.1) is 0 Å². The molecule has 1 amide bonds. The number of nitrogens with zero attached hydrogens (tertiary/aromatic N) is 1. The van der Waals surface area contributed by atoms with Gasteiger partial charge in [-0.05, 0) is 18.9 Å². The molecule has 1 aromatic rings. The molecule has 0 radical (unpaired) electrons. The van der Waals surface area contributed by atoms with Gasteiger partial charge >= 0.3 is 0 Å². The lowest BCUT2D eigenvalue weighted by Crippen LogP contribution is -2.49. The predicted octanol–water partition coefficient (Wildman–Crippen LogP) is 1.79. The first-order chi connectivity index (χ1) is 9.10. The van der Waals surface area contributed by atoms with E-state index in [-0.39, 0.29) is 18.6 Å². The molecule has 0 aliphatic heterocycles. The van der Waals surface area contributed by atoms with Crippen molar-refractivity contribution in [3.8, 4) is 0 Å². The maximum Gasteiger partial charge on any atom is 0.242 e. The van der Waals surface area contributed by atoms with Crippen LogP contribution in [-0.2, 0) is 16.1 Å². The van der Waals surface area contributed by atoms with Gasteiger partial charge in [-0.25, -0.2) is 0 Å². The zero-order chi connectivity index (χ0) is 14.3. The summed E-state index contributed by atoms with van der Waals surface area (Å²) >= 11 is 0. The highest BCUT2D eigenvalue weighted by atomic mass is 16.5. The third-order valence-electron chi connectivity index (χ3n) is 3.27. The van der Waals surface area contributed by atoms with Gasteiger partial charge in [0.05, 0.1) is 6.61 Å². The number of methoxy groups -OCH3 is 1. The minimum Gasteiger partial charge on any atom is -0.383 e. The van der Waals surface area contributed by atoms with Crippen molar-refractivity contribution < 1.29 is 9.53 Å². The Hall–Kier alpha value is -1.39. The van der Waals surface area contributed by atoms with E-state index in [1.54, 1.807) is 7.11 Å². The number of amides is 1. The largest absolute Gasteiger partial charge is 0.383 e. The summed E-state index contributed by atoms with van der Waals surface area (Å²) < 4.78 is 4.97.